The summed E-state index contributed by atoms with van der Waals surface area (Å²) in [4.78, 5) is 15.6. The van der Waals surface area contributed by atoms with Crippen LogP contribution in [0, 0.1) is 5.41 Å². The number of aromatic nitrogens is 1. The van der Waals surface area contributed by atoms with Gasteiger partial charge in [0.1, 0.15) is 0 Å². The molecule has 2 nitrogen and oxygen atoms in total. The smallest absolute Gasteiger partial charge is 0.169 e. The Labute approximate surface area is 82.9 Å². The van der Waals surface area contributed by atoms with E-state index in [1.54, 1.807) is 12.3 Å². The number of hydrogen-bond donors (Lipinski definition) is 0. The van der Waals surface area contributed by atoms with Crippen LogP contribution >= 0.6 is 11.6 Å². The van der Waals surface area contributed by atoms with Gasteiger partial charge in [0.05, 0.1) is 5.02 Å². The molecule has 0 aliphatic heterocycles. The van der Waals surface area contributed by atoms with Gasteiger partial charge in [0.25, 0.3) is 0 Å². The molecule has 0 unspecified atom stereocenters. The second-order valence-electron chi connectivity index (χ2n) is 3.97. The van der Waals surface area contributed by atoms with Gasteiger partial charge in [-0.25, -0.2) is 0 Å². The maximum Gasteiger partial charge on any atom is 0.169 e. The third-order valence-electron chi connectivity index (χ3n) is 1.65. The highest BCUT2D eigenvalue weighted by atomic mass is 35.5. The van der Waals surface area contributed by atoms with Crippen molar-refractivity contribution < 1.29 is 4.79 Å². The first-order valence-electron chi connectivity index (χ1n) is 4.06. The molecule has 0 spiro atoms. The lowest BCUT2D eigenvalue weighted by Crippen LogP contribution is -2.20. The largest absolute Gasteiger partial charge is 0.294 e. The van der Waals surface area contributed by atoms with E-state index >= 15 is 0 Å². The fourth-order valence-corrected chi connectivity index (χ4v) is 1.14. The molecule has 0 amide bonds. The summed E-state index contributed by atoms with van der Waals surface area (Å²) in [6, 6.07) is 1.64. The zero-order chi connectivity index (χ0) is 10.1. The molecule has 1 heterocycles. The molecule has 0 saturated carbocycles. The highest BCUT2D eigenvalue weighted by molar-refractivity contribution is 6.30. The highest BCUT2D eigenvalue weighted by Crippen LogP contribution is 2.21. The van der Waals surface area contributed by atoms with Crippen LogP contribution < -0.4 is 0 Å². The number of rotatable bonds is 1. The van der Waals surface area contributed by atoms with Gasteiger partial charge in [-0.1, -0.05) is 32.4 Å². The molecule has 0 radical (unpaired) electrons. The van der Waals surface area contributed by atoms with E-state index in [0.717, 1.165) is 0 Å². The maximum atomic E-state index is 11.7. The van der Waals surface area contributed by atoms with Gasteiger partial charge < -0.3 is 0 Å². The van der Waals surface area contributed by atoms with Crippen molar-refractivity contribution in [1.82, 2.24) is 4.98 Å². The minimum atomic E-state index is -0.383. The monoisotopic (exact) mass is 197 g/mol. The van der Waals surface area contributed by atoms with Crippen LogP contribution in [0.3, 0.4) is 0 Å². The Morgan fingerprint density at radius 2 is 2.00 bits per heavy atom. The van der Waals surface area contributed by atoms with Crippen molar-refractivity contribution in [2.45, 2.75) is 20.8 Å². The molecule has 13 heavy (non-hydrogen) atoms. The van der Waals surface area contributed by atoms with E-state index in [2.05, 4.69) is 4.98 Å². The van der Waals surface area contributed by atoms with Crippen molar-refractivity contribution in [2.24, 2.45) is 5.41 Å². The van der Waals surface area contributed by atoms with Gasteiger partial charge in [-0.05, 0) is 6.07 Å². The molecular weight excluding hydrogens is 186 g/mol. The van der Waals surface area contributed by atoms with Crippen LogP contribution in [-0.2, 0) is 0 Å². The number of ketones is 1. The number of nitrogens with zero attached hydrogens (tertiary/aromatic N) is 1. The first kappa shape index (κ1) is 10.2. The standard InChI is InChI=1S/C10H12ClNO/c1-10(2,3)9(13)7-4-8(11)6-12-5-7/h4-6H,1-3H3. The van der Waals surface area contributed by atoms with Gasteiger partial charge >= 0.3 is 0 Å². The van der Waals surface area contributed by atoms with Crippen LogP contribution in [0.2, 0.25) is 5.02 Å². The quantitative estimate of drug-likeness (QED) is 0.648. The minimum absolute atomic E-state index is 0.0579. The van der Waals surface area contributed by atoms with Gasteiger partial charge in [-0.3, -0.25) is 9.78 Å². The SMILES string of the molecule is CC(C)(C)C(=O)c1cncc(Cl)c1. The molecule has 0 saturated heterocycles. The molecule has 1 aromatic heterocycles. The van der Waals surface area contributed by atoms with Gasteiger partial charge in [0.2, 0.25) is 0 Å². The van der Waals surface area contributed by atoms with E-state index in [-0.39, 0.29) is 11.2 Å². The lowest BCUT2D eigenvalue weighted by molar-refractivity contribution is 0.0858. The summed E-state index contributed by atoms with van der Waals surface area (Å²) in [6.07, 6.45) is 3.06. The second kappa shape index (κ2) is 3.46. The molecule has 0 N–H and O–H groups in total. The molecule has 0 bridgehead atoms. The lowest BCUT2D eigenvalue weighted by atomic mass is 9.87. The van der Waals surface area contributed by atoms with Crippen LogP contribution in [0.5, 0.6) is 0 Å². The predicted molar refractivity (Wildman–Crippen MR) is 53.0 cm³/mol. The number of hydrogen-bond acceptors (Lipinski definition) is 2. The number of halogens is 1. The first-order chi connectivity index (χ1) is 5.91. The number of carbonyl (C=O) groups is 1. The van der Waals surface area contributed by atoms with Crippen molar-refractivity contribution >= 4 is 17.4 Å². The van der Waals surface area contributed by atoms with Crippen molar-refractivity contribution in [3.05, 3.63) is 29.0 Å². The minimum Gasteiger partial charge on any atom is -0.294 e. The van der Waals surface area contributed by atoms with Gasteiger partial charge in [0.15, 0.2) is 5.78 Å². The van der Waals surface area contributed by atoms with Gasteiger partial charge in [0, 0.05) is 23.4 Å². The van der Waals surface area contributed by atoms with E-state index in [1.807, 2.05) is 20.8 Å². The van der Waals surface area contributed by atoms with E-state index in [0.29, 0.717) is 10.6 Å². The summed E-state index contributed by atoms with van der Waals surface area (Å²) in [7, 11) is 0. The molecule has 0 aromatic carbocycles. The number of Topliss-reactive ketones (excluding diaryl/α,β-unsaturated/α-hetero) is 1. The summed E-state index contributed by atoms with van der Waals surface area (Å²) in [6.45, 7) is 5.61. The molecular formula is C10H12ClNO. The van der Waals surface area contributed by atoms with Crippen LogP contribution in [0.25, 0.3) is 0 Å². The molecule has 1 aromatic rings. The van der Waals surface area contributed by atoms with E-state index < -0.39 is 0 Å². The molecule has 1 rings (SSSR count). The zero-order valence-electron chi connectivity index (χ0n) is 7.97. The molecule has 70 valence electrons. The van der Waals surface area contributed by atoms with Crippen molar-refractivity contribution in [1.29, 1.82) is 0 Å². The normalized spacial score (nSPS) is 11.4. The Bertz CT molecular complexity index is 328. The zero-order valence-corrected chi connectivity index (χ0v) is 8.72. The first-order valence-corrected chi connectivity index (χ1v) is 4.44. The Kier molecular flexibility index (Phi) is 2.71. The summed E-state index contributed by atoms with van der Waals surface area (Å²) in [5.41, 5.74) is 0.187. The van der Waals surface area contributed by atoms with Crippen molar-refractivity contribution in [2.75, 3.05) is 0 Å². The van der Waals surface area contributed by atoms with Gasteiger partial charge in [-0.2, -0.15) is 0 Å². The number of carbonyl (C=O) groups excluding carboxylic acids is 1. The Balaban J connectivity index is 3.03. The fraction of sp³-hybridized carbons (Fsp3) is 0.400. The summed E-state index contributed by atoms with van der Waals surface area (Å²) >= 11 is 5.72. The van der Waals surface area contributed by atoms with Crippen LogP contribution in [0.15, 0.2) is 18.5 Å². The van der Waals surface area contributed by atoms with Gasteiger partial charge in [-0.15, -0.1) is 0 Å². The topological polar surface area (TPSA) is 30.0 Å². The van der Waals surface area contributed by atoms with E-state index in [9.17, 15) is 4.79 Å². The summed E-state index contributed by atoms with van der Waals surface area (Å²) in [5, 5.41) is 0.495. The summed E-state index contributed by atoms with van der Waals surface area (Å²) < 4.78 is 0. The third-order valence-corrected chi connectivity index (χ3v) is 1.85. The van der Waals surface area contributed by atoms with E-state index in [1.165, 1.54) is 6.20 Å². The molecule has 0 fully saturated rings. The summed E-state index contributed by atoms with van der Waals surface area (Å²) in [5.74, 6) is 0.0579. The molecule has 0 aliphatic carbocycles. The molecule has 0 atom stereocenters. The third kappa shape index (κ3) is 2.52. The lowest BCUT2D eigenvalue weighted by Gasteiger charge is -2.15. The Hall–Kier alpha value is -0.890. The van der Waals surface area contributed by atoms with Crippen LogP contribution in [0.1, 0.15) is 31.1 Å². The fourth-order valence-electron chi connectivity index (χ4n) is 0.969. The van der Waals surface area contributed by atoms with E-state index in [4.69, 9.17) is 11.6 Å². The van der Waals surface area contributed by atoms with Crippen LogP contribution in [-0.4, -0.2) is 10.8 Å². The average Bonchev–Trinajstić information content (AvgIpc) is 2.01. The van der Waals surface area contributed by atoms with Crippen molar-refractivity contribution in [3.63, 3.8) is 0 Å². The maximum absolute atomic E-state index is 11.7. The highest BCUT2D eigenvalue weighted by Gasteiger charge is 2.22. The predicted octanol–water partition coefficient (Wildman–Crippen LogP) is 2.96. The Morgan fingerprint density at radius 1 is 1.38 bits per heavy atom. The second-order valence-corrected chi connectivity index (χ2v) is 4.41. The average molecular weight is 198 g/mol. The Morgan fingerprint density at radius 3 is 2.46 bits per heavy atom. The van der Waals surface area contributed by atoms with Crippen molar-refractivity contribution in [3.8, 4) is 0 Å². The van der Waals surface area contributed by atoms with Crippen LogP contribution in [0.4, 0.5) is 0 Å². The molecule has 3 heteroatoms. The molecule has 0 aliphatic rings. The number of pyridine rings is 1.